The van der Waals surface area contributed by atoms with Crippen molar-refractivity contribution >= 4 is 28.8 Å². The number of benzene rings is 1. The number of nitrogens with one attached hydrogen (secondary N) is 1. The molecule has 4 N–H and O–H groups in total. The van der Waals surface area contributed by atoms with Gasteiger partial charge in [-0.3, -0.25) is 14.4 Å². The van der Waals surface area contributed by atoms with E-state index in [1.165, 1.54) is 18.2 Å². The van der Waals surface area contributed by atoms with E-state index in [1.807, 2.05) is 0 Å². The van der Waals surface area contributed by atoms with Gasteiger partial charge in [0.05, 0.1) is 0 Å². The molecule has 0 amide bonds. The predicted octanol–water partition coefficient (Wildman–Crippen LogP) is 0.479. The van der Waals surface area contributed by atoms with E-state index in [0.717, 1.165) is 0 Å². The Bertz CT molecular complexity index is 807. The Morgan fingerprint density at radius 1 is 1.00 bits per heavy atom. The minimum Gasteiger partial charge on any atom is -0.480 e. The second kappa shape index (κ2) is 5.08. The molecule has 0 bridgehead atoms. The van der Waals surface area contributed by atoms with Gasteiger partial charge in [0.2, 0.25) is 0 Å². The molecule has 0 atom stereocenters. The van der Waals surface area contributed by atoms with Crippen molar-refractivity contribution in [3.8, 4) is 0 Å². The van der Waals surface area contributed by atoms with Crippen LogP contribution >= 0.6 is 0 Å². The van der Waals surface area contributed by atoms with Crippen LogP contribution in [0, 0.1) is 0 Å². The fraction of sp³-hybridized carbons (Fsp3) is 0.0769. The zero-order valence-electron chi connectivity index (χ0n) is 10.4. The third-order valence-corrected chi connectivity index (χ3v) is 2.96. The summed E-state index contributed by atoms with van der Waals surface area (Å²) in [6.45, 7) is 0. The minimum absolute atomic E-state index is 0.0595. The number of carboxylic acids is 3. The van der Waals surface area contributed by atoms with Crippen molar-refractivity contribution < 1.29 is 29.7 Å². The van der Waals surface area contributed by atoms with Gasteiger partial charge in [0, 0.05) is 16.5 Å². The summed E-state index contributed by atoms with van der Waals surface area (Å²) in [5.74, 6) is -7.34. The van der Waals surface area contributed by atoms with Gasteiger partial charge in [0.15, 0.2) is 5.92 Å². The van der Waals surface area contributed by atoms with Gasteiger partial charge in [-0.1, -0.05) is 18.2 Å². The average molecular weight is 291 g/mol. The molecule has 1 aromatic carbocycles. The number of aliphatic carboxylic acids is 2. The molecule has 0 aliphatic rings. The highest BCUT2D eigenvalue weighted by molar-refractivity contribution is 6.07. The lowest BCUT2D eigenvalue weighted by Crippen LogP contribution is -2.29. The van der Waals surface area contributed by atoms with Crippen LogP contribution in [0.25, 0.3) is 10.9 Å². The van der Waals surface area contributed by atoms with Crippen LogP contribution in [-0.4, -0.2) is 38.2 Å². The van der Waals surface area contributed by atoms with E-state index in [2.05, 4.69) is 4.98 Å². The number of pyridine rings is 1. The molecule has 1 heterocycles. The van der Waals surface area contributed by atoms with Crippen molar-refractivity contribution in [2.75, 3.05) is 0 Å². The van der Waals surface area contributed by atoms with Crippen molar-refractivity contribution in [1.82, 2.24) is 4.98 Å². The highest BCUT2D eigenvalue weighted by atomic mass is 16.4. The number of carbonyl (C=O) groups is 3. The number of H-pyrrole nitrogens is 1. The topological polar surface area (TPSA) is 145 Å². The third kappa shape index (κ3) is 2.34. The Balaban J connectivity index is 3.01. The van der Waals surface area contributed by atoms with Gasteiger partial charge in [0.25, 0.3) is 5.56 Å². The number of aromatic amines is 1. The summed E-state index contributed by atoms with van der Waals surface area (Å²) >= 11 is 0. The van der Waals surface area contributed by atoms with Gasteiger partial charge < -0.3 is 20.3 Å². The van der Waals surface area contributed by atoms with Crippen LogP contribution in [0.15, 0.2) is 29.1 Å². The van der Waals surface area contributed by atoms with Gasteiger partial charge in [0.1, 0.15) is 5.56 Å². The predicted molar refractivity (Wildman–Crippen MR) is 69.5 cm³/mol. The number of aromatic carboxylic acids is 1. The number of para-hydroxylation sites is 1. The molecule has 2 rings (SSSR count). The summed E-state index contributed by atoms with van der Waals surface area (Å²) in [5, 5.41) is 27.3. The molecule has 0 fully saturated rings. The van der Waals surface area contributed by atoms with Gasteiger partial charge in [-0.05, 0) is 6.07 Å². The molecule has 0 radical (unpaired) electrons. The first-order valence-electron chi connectivity index (χ1n) is 5.68. The lowest BCUT2D eigenvalue weighted by molar-refractivity contribution is -0.149. The summed E-state index contributed by atoms with van der Waals surface area (Å²) in [6.07, 6.45) is 0. The monoisotopic (exact) mass is 291 g/mol. The van der Waals surface area contributed by atoms with E-state index in [-0.39, 0.29) is 10.9 Å². The number of aromatic nitrogens is 1. The fourth-order valence-corrected chi connectivity index (χ4v) is 2.13. The summed E-state index contributed by atoms with van der Waals surface area (Å²) in [4.78, 5) is 47.7. The number of carboxylic acid groups (broad SMARTS) is 3. The van der Waals surface area contributed by atoms with Crippen molar-refractivity contribution in [3.05, 3.63) is 45.7 Å². The zero-order valence-corrected chi connectivity index (χ0v) is 10.4. The molecule has 8 nitrogen and oxygen atoms in total. The molecule has 0 spiro atoms. The minimum atomic E-state index is -2.15. The van der Waals surface area contributed by atoms with Gasteiger partial charge in [-0.15, -0.1) is 0 Å². The molecule has 1 aromatic heterocycles. The van der Waals surface area contributed by atoms with Crippen LogP contribution in [-0.2, 0) is 9.59 Å². The smallest absolute Gasteiger partial charge is 0.341 e. The Labute approximate surface area is 116 Å². The summed E-state index contributed by atoms with van der Waals surface area (Å²) < 4.78 is 0. The van der Waals surface area contributed by atoms with Crippen molar-refractivity contribution in [1.29, 1.82) is 0 Å². The van der Waals surface area contributed by atoms with Crippen LogP contribution < -0.4 is 5.56 Å². The van der Waals surface area contributed by atoms with Crippen LogP contribution in [0.3, 0.4) is 0 Å². The molecule has 108 valence electrons. The lowest BCUT2D eigenvalue weighted by atomic mass is 9.91. The highest BCUT2D eigenvalue weighted by Gasteiger charge is 2.35. The highest BCUT2D eigenvalue weighted by Crippen LogP contribution is 2.27. The van der Waals surface area contributed by atoms with Crippen LogP contribution in [0.1, 0.15) is 21.8 Å². The number of rotatable bonds is 4. The van der Waals surface area contributed by atoms with Crippen LogP contribution in [0.5, 0.6) is 0 Å². The van der Waals surface area contributed by atoms with Gasteiger partial charge >= 0.3 is 17.9 Å². The van der Waals surface area contributed by atoms with Crippen molar-refractivity contribution in [2.24, 2.45) is 0 Å². The maximum atomic E-state index is 11.8. The van der Waals surface area contributed by atoms with E-state index < -0.39 is 40.5 Å². The standard InChI is InChI=1S/C13H9NO7/c15-10-8(11(16)17)7(9(12(18)19)13(20)21)5-3-1-2-4-6(5)14-10/h1-4,9H,(H,14,15)(H,16,17)(H,18,19)(H,20,21). The second-order valence-corrected chi connectivity index (χ2v) is 4.20. The third-order valence-electron chi connectivity index (χ3n) is 2.96. The van der Waals surface area contributed by atoms with E-state index in [1.54, 1.807) is 6.07 Å². The molecule has 0 aliphatic carbocycles. The van der Waals surface area contributed by atoms with Gasteiger partial charge in [-0.2, -0.15) is 0 Å². The number of hydrogen-bond donors (Lipinski definition) is 4. The normalized spacial score (nSPS) is 10.7. The SMILES string of the molecule is O=C(O)c1c(C(C(=O)O)C(=O)O)c2ccccc2[nH]c1=O. The lowest BCUT2D eigenvalue weighted by Gasteiger charge is -2.13. The van der Waals surface area contributed by atoms with E-state index in [0.29, 0.717) is 0 Å². The first kappa shape index (κ1) is 14.3. The summed E-state index contributed by atoms with van der Waals surface area (Å²) in [5.41, 5.74) is -2.32. The Kier molecular flexibility index (Phi) is 3.45. The number of fused-ring (bicyclic) bond motifs is 1. The maximum Gasteiger partial charge on any atom is 0.341 e. The molecular weight excluding hydrogens is 282 g/mol. The maximum absolute atomic E-state index is 11.8. The molecule has 8 heteroatoms. The summed E-state index contributed by atoms with van der Waals surface area (Å²) in [7, 11) is 0. The largest absolute Gasteiger partial charge is 0.480 e. The quantitative estimate of drug-likeness (QED) is 0.599. The van der Waals surface area contributed by atoms with Crippen LogP contribution in [0.4, 0.5) is 0 Å². The second-order valence-electron chi connectivity index (χ2n) is 4.20. The van der Waals surface area contributed by atoms with Gasteiger partial charge in [-0.25, -0.2) is 4.79 Å². The first-order valence-corrected chi connectivity index (χ1v) is 5.68. The van der Waals surface area contributed by atoms with Crippen molar-refractivity contribution in [2.45, 2.75) is 5.92 Å². The molecule has 0 unspecified atom stereocenters. The van der Waals surface area contributed by atoms with Crippen molar-refractivity contribution in [3.63, 3.8) is 0 Å². The van der Waals surface area contributed by atoms with E-state index >= 15 is 0 Å². The Morgan fingerprint density at radius 3 is 2.10 bits per heavy atom. The zero-order chi connectivity index (χ0) is 15.7. The molecule has 21 heavy (non-hydrogen) atoms. The Hall–Kier alpha value is -3.16. The van der Waals surface area contributed by atoms with E-state index in [4.69, 9.17) is 15.3 Å². The fourth-order valence-electron chi connectivity index (χ4n) is 2.13. The molecule has 2 aromatic rings. The molecule has 0 aliphatic heterocycles. The summed E-state index contributed by atoms with van der Waals surface area (Å²) in [6, 6.07) is 5.80. The molecule has 0 saturated carbocycles. The first-order chi connectivity index (χ1) is 9.84. The Morgan fingerprint density at radius 2 is 1.57 bits per heavy atom. The van der Waals surface area contributed by atoms with E-state index in [9.17, 15) is 19.2 Å². The number of hydrogen-bond acceptors (Lipinski definition) is 4. The molecule has 0 saturated heterocycles. The molecular formula is C13H9NO7. The average Bonchev–Trinajstić information content (AvgIpc) is 2.37. The van der Waals surface area contributed by atoms with Crippen LogP contribution in [0.2, 0.25) is 0 Å².